The Kier molecular flexibility index (Phi) is 6.71. The summed E-state index contributed by atoms with van der Waals surface area (Å²) >= 11 is 0. The number of piperazine rings is 1. The van der Waals surface area contributed by atoms with E-state index in [0.29, 0.717) is 0 Å². The van der Waals surface area contributed by atoms with Crippen molar-refractivity contribution in [2.45, 2.75) is 15.8 Å². The Morgan fingerprint density at radius 3 is 2.00 bits per heavy atom. The maximum atomic E-state index is 13.2. The normalized spacial score (nSPS) is 18.6. The summed E-state index contributed by atoms with van der Waals surface area (Å²) < 4.78 is 54.5. The predicted molar refractivity (Wildman–Crippen MR) is 113 cm³/mol. The summed E-state index contributed by atoms with van der Waals surface area (Å²) in [6.45, 7) is 3.18. The van der Waals surface area contributed by atoms with E-state index in [4.69, 9.17) is 0 Å². The smallest absolute Gasteiger partial charge is 0.243 e. The quantitative estimate of drug-likeness (QED) is 0.637. The van der Waals surface area contributed by atoms with Gasteiger partial charge in [0.2, 0.25) is 26.0 Å². The van der Waals surface area contributed by atoms with Crippen LogP contribution in [0, 0.1) is 0 Å². The molecule has 1 aliphatic rings. The molecule has 1 fully saturated rings. The van der Waals surface area contributed by atoms with E-state index >= 15 is 0 Å². The first-order chi connectivity index (χ1) is 14.3. The molecule has 0 bridgehead atoms. The highest BCUT2D eigenvalue weighted by molar-refractivity contribution is 7.89. The third kappa shape index (κ3) is 4.46. The van der Waals surface area contributed by atoms with Crippen LogP contribution in [-0.4, -0.2) is 63.6 Å². The zero-order valence-corrected chi connectivity index (χ0v) is 17.8. The molecule has 2 aromatic carbocycles. The zero-order valence-electron chi connectivity index (χ0n) is 16.2. The van der Waals surface area contributed by atoms with Gasteiger partial charge in [-0.05, 0) is 24.3 Å². The predicted octanol–water partition coefficient (Wildman–Crippen LogP) is 1.05. The van der Waals surface area contributed by atoms with Crippen molar-refractivity contribution in [3.8, 4) is 0 Å². The molecule has 3 rings (SSSR count). The first-order valence-corrected chi connectivity index (χ1v) is 12.2. The Morgan fingerprint density at radius 1 is 0.933 bits per heavy atom. The van der Waals surface area contributed by atoms with Crippen molar-refractivity contribution in [1.82, 2.24) is 13.9 Å². The highest BCUT2D eigenvalue weighted by atomic mass is 32.2. The van der Waals surface area contributed by atoms with Crippen molar-refractivity contribution in [1.29, 1.82) is 0 Å². The van der Waals surface area contributed by atoms with Gasteiger partial charge in [0.1, 0.15) is 6.04 Å². The van der Waals surface area contributed by atoms with Crippen LogP contribution in [0.1, 0.15) is 0 Å². The second kappa shape index (κ2) is 9.09. The lowest BCUT2D eigenvalue weighted by molar-refractivity contribution is -0.125. The van der Waals surface area contributed by atoms with Crippen LogP contribution in [0.5, 0.6) is 0 Å². The fourth-order valence-electron chi connectivity index (χ4n) is 3.22. The van der Waals surface area contributed by atoms with E-state index in [1.807, 2.05) is 0 Å². The molecule has 10 heteroatoms. The average molecular weight is 450 g/mol. The van der Waals surface area contributed by atoms with Crippen LogP contribution in [0.25, 0.3) is 0 Å². The summed E-state index contributed by atoms with van der Waals surface area (Å²) in [7, 11) is -7.86. The van der Waals surface area contributed by atoms with Crippen LogP contribution in [0.3, 0.4) is 0 Å². The van der Waals surface area contributed by atoms with Crippen LogP contribution < -0.4 is 5.32 Å². The number of hydrogen-bond donors (Lipinski definition) is 1. The highest BCUT2D eigenvalue weighted by Gasteiger charge is 2.43. The summed E-state index contributed by atoms with van der Waals surface area (Å²) in [5.74, 6) is -0.581. The van der Waals surface area contributed by atoms with Gasteiger partial charge in [-0.3, -0.25) is 4.79 Å². The van der Waals surface area contributed by atoms with Crippen molar-refractivity contribution in [2.75, 3.05) is 26.2 Å². The molecule has 1 heterocycles. The Labute approximate surface area is 176 Å². The number of carbonyl (C=O) groups excluding carboxylic acids is 1. The molecular weight excluding hydrogens is 426 g/mol. The molecule has 30 heavy (non-hydrogen) atoms. The maximum Gasteiger partial charge on any atom is 0.243 e. The molecule has 0 saturated carbocycles. The number of amides is 1. The van der Waals surface area contributed by atoms with Crippen molar-refractivity contribution in [3.63, 3.8) is 0 Å². The third-order valence-electron chi connectivity index (χ3n) is 4.75. The SMILES string of the molecule is C=CCNC(=O)C1CN(S(=O)(=O)c2ccccc2)CCN1S(=O)(=O)c1ccccc1. The van der Waals surface area contributed by atoms with Gasteiger partial charge in [0.05, 0.1) is 9.79 Å². The van der Waals surface area contributed by atoms with Crippen LogP contribution in [0.4, 0.5) is 0 Å². The van der Waals surface area contributed by atoms with Crippen LogP contribution in [0.15, 0.2) is 83.1 Å². The van der Waals surface area contributed by atoms with E-state index in [2.05, 4.69) is 11.9 Å². The lowest BCUT2D eigenvalue weighted by atomic mass is 10.2. The zero-order chi connectivity index (χ0) is 21.8. The summed E-state index contributed by atoms with van der Waals surface area (Å²) in [6, 6.07) is 14.4. The molecule has 1 atom stereocenters. The summed E-state index contributed by atoms with van der Waals surface area (Å²) in [5, 5.41) is 2.58. The Balaban J connectivity index is 1.95. The van der Waals surface area contributed by atoms with Crippen LogP contribution in [0.2, 0.25) is 0 Å². The van der Waals surface area contributed by atoms with Crippen molar-refractivity contribution < 1.29 is 21.6 Å². The van der Waals surface area contributed by atoms with Gasteiger partial charge in [0.15, 0.2) is 0 Å². The number of rotatable bonds is 7. The number of nitrogens with zero attached hydrogens (tertiary/aromatic N) is 2. The van der Waals surface area contributed by atoms with Gasteiger partial charge in [-0.2, -0.15) is 8.61 Å². The standard InChI is InChI=1S/C20H23N3O5S2/c1-2-13-21-20(24)19-16-22(29(25,26)17-9-5-3-6-10-17)14-15-23(19)30(27,28)18-11-7-4-8-12-18/h2-12,19H,1,13-16H2,(H,21,24). The Hall–Kier alpha value is -2.53. The molecular formula is C20H23N3O5S2. The number of hydrogen-bond acceptors (Lipinski definition) is 5. The Morgan fingerprint density at radius 2 is 1.47 bits per heavy atom. The lowest BCUT2D eigenvalue weighted by Gasteiger charge is -2.38. The van der Waals surface area contributed by atoms with Gasteiger partial charge in [0.25, 0.3) is 0 Å². The summed E-state index contributed by atoms with van der Waals surface area (Å²) in [5.41, 5.74) is 0. The van der Waals surface area contributed by atoms with E-state index in [0.717, 1.165) is 8.61 Å². The first kappa shape index (κ1) is 22.2. The molecule has 8 nitrogen and oxygen atoms in total. The minimum atomic E-state index is -3.99. The minimum Gasteiger partial charge on any atom is -0.351 e. The topological polar surface area (TPSA) is 104 Å². The monoisotopic (exact) mass is 449 g/mol. The number of sulfonamides is 2. The fourth-order valence-corrected chi connectivity index (χ4v) is 6.27. The molecule has 1 N–H and O–H groups in total. The molecule has 0 aromatic heterocycles. The number of carbonyl (C=O) groups is 1. The highest BCUT2D eigenvalue weighted by Crippen LogP contribution is 2.25. The van der Waals surface area contributed by atoms with Gasteiger partial charge >= 0.3 is 0 Å². The molecule has 2 aromatic rings. The maximum absolute atomic E-state index is 13.2. The summed E-state index contributed by atoms with van der Waals surface area (Å²) in [4.78, 5) is 12.9. The van der Waals surface area contributed by atoms with E-state index in [9.17, 15) is 21.6 Å². The van der Waals surface area contributed by atoms with Gasteiger partial charge in [0, 0.05) is 26.2 Å². The summed E-state index contributed by atoms with van der Waals surface area (Å²) in [6.07, 6.45) is 1.47. The molecule has 160 valence electrons. The van der Waals surface area contributed by atoms with Crippen LogP contribution >= 0.6 is 0 Å². The van der Waals surface area contributed by atoms with Gasteiger partial charge in [-0.25, -0.2) is 16.8 Å². The lowest BCUT2D eigenvalue weighted by Crippen LogP contribution is -2.61. The second-order valence-electron chi connectivity index (χ2n) is 6.65. The number of nitrogens with one attached hydrogen (secondary N) is 1. The Bertz CT molecular complexity index is 1100. The van der Waals surface area contributed by atoms with Crippen molar-refractivity contribution >= 4 is 26.0 Å². The molecule has 0 aliphatic carbocycles. The van der Waals surface area contributed by atoms with E-state index in [1.165, 1.54) is 30.3 Å². The molecule has 0 spiro atoms. The fraction of sp³-hybridized carbons (Fsp3) is 0.250. The number of benzene rings is 2. The third-order valence-corrected chi connectivity index (χ3v) is 8.55. The molecule has 1 saturated heterocycles. The largest absolute Gasteiger partial charge is 0.351 e. The van der Waals surface area contributed by atoms with Crippen LogP contribution in [-0.2, 0) is 24.8 Å². The molecule has 1 unspecified atom stereocenters. The molecule has 1 aliphatic heterocycles. The second-order valence-corrected chi connectivity index (χ2v) is 10.5. The van der Waals surface area contributed by atoms with E-state index in [-0.39, 0.29) is 36.0 Å². The van der Waals surface area contributed by atoms with E-state index < -0.39 is 32.0 Å². The minimum absolute atomic E-state index is 0.0471. The van der Waals surface area contributed by atoms with E-state index in [1.54, 1.807) is 36.4 Å². The van der Waals surface area contributed by atoms with Crippen molar-refractivity contribution in [2.24, 2.45) is 0 Å². The van der Waals surface area contributed by atoms with Crippen molar-refractivity contribution in [3.05, 3.63) is 73.3 Å². The average Bonchev–Trinajstić information content (AvgIpc) is 2.78. The van der Waals surface area contributed by atoms with Gasteiger partial charge in [-0.1, -0.05) is 42.5 Å². The van der Waals surface area contributed by atoms with Gasteiger partial charge < -0.3 is 5.32 Å². The molecule has 1 amide bonds. The first-order valence-electron chi connectivity index (χ1n) is 9.29. The molecule has 0 radical (unpaired) electrons. The van der Waals surface area contributed by atoms with Gasteiger partial charge in [-0.15, -0.1) is 6.58 Å².